The summed E-state index contributed by atoms with van der Waals surface area (Å²) >= 11 is 0. The molecule has 0 unspecified atom stereocenters. The van der Waals surface area contributed by atoms with E-state index in [0.717, 1.165) is 18.2 Å². The van der Waals surface area contributed by atoms with Gasteiger partial charge >= 0.3 is 59.1 Å². The van der Waals surface area contributed by atoms with Crippen molar-refractivity contribution >= 4 is 59.7 Å². The SMILES string of the molecule is CC(=O)Nc1ccc(S(=O)(=O)[O-])c(N=Nc2c(N)ccc3cc(S(=O)(=O)[O-])cc(O)c23)c1.[Na+].[Na+]. The molecule has 3 aromatic carbocycles. The summed E-state index contributed by atoms with van der Waals surface area (Å²) in [6.45, 7) is 1.22. The second kappa shape index (κ2) is 11.4. The molecule has 0 aliphatic heterocycles. The number of nitrogen functional groups attached to an aromatic ring is 1. The van der Waals surface area contributed by atoms with Crippen LogP contribution < -0.4 is 70.2 Å². The first kappa shape index (κ1) is 30.4. The van der Waals surface area contributed by atoms with Crippen LogP contribution in [0.4, 0.5) is 22.7 Å². The van der Waals surface area contributed by atoms with Gasteiger partial charge in [-0.15, -0.1) is 10.2 Å². The average molecular weight is 524 g/mol. The monoisotopic (exact) mass is 524 g/mol. The largest absolute Gasteiger partial charge is 1.00 e. The summed E-state index contributed by atoms with van der Waals surface area (Å²) in [6.07, 6.45) is 0. The summed E-state index contributed by atoms with van der Waals surface area (Å²) < 4.78 is 68.5. The van der Waals surface area contributed by atoms with Crippen molar-refractivity contribution in [2.45, 2.75) is 16.7 Å². The molecule has 0 spiro atoms. The number of carbonyl (C=O) groups is 1. The zero-order chi connectivity index (χ0) is 23.8. The maximum Gasteiger partial charge on any atom is 1.00 e. The normalized spacial score (nSPS) is 11.6. The van der Waals surface area contributed by atoms with Crippen molar-refractivity contribution in [3.63, 3.8) is 0 Å². The van der Waals surface area contributed by atoms with Gasteiger partial charge in [0.15, 0.2) is 0 Å². The van der Waals surface area contributed by atoms with Crippen LogP contribution >= 0.6 is 0 Å². The predicted molar refractivity (Wildman–Crippen MR) is 111 cm³/mol. The van der Waals surface area contributed by atoms with E-state index in [2.05, 4.69) is 15.5 Å². The molecule has 1 amide bonds. The van der Waals surface area contributed by atoms with E-state index in [-0.39, 0.29) is 86.9 Å². The van der Waals surface area contributed by atoms with Crippen LogP contribution in [0.2, 0.25) is 0 Å². The van der Waals surface area contributed by atoms with Crippen LogP contribution in [0.1, 0.15) is 6.92 Å². The number of nitrogens with one attached hydrogen (secondary N) is 1. The number of azo groups is 1. The Balaban J connectivity index is 0.00000289. The van der Waals surface area contributed by atoms with Crippen LogP contribution in [-0.4, -0.2) is 37.0 Å². The van der Waals surface area contributed by atoms with Gasteiger partial charge in [0.1, 0.15) is 37.4 Å². The molecule has 0 saturated carbocycles. The van der Waals surface area contributed by atoms with Crippen molar-refractivity contribution in [1.29, 1.82) is 0 Å². The number of aromatic hydroxyl groups is 1. The third-order valence-corrected chi connectivity index (χ3v) is 5.87. The molecule has 4 N–H and O–H groups in total. The first-order chi connectivity index (χ1) is 14.8. The zero-order valence-electron chi connectivity index (χ0n) is 18.1. The van der Waals surface area contributed by atoms with Crippen molar-refractivity contribution in [2.75, 3.05) is 11.1 Å². The quantitative estimate of drug-likeness (QED) is 0.129. The molecule has 0 radical (unpaired) electrons. The van der Waals surface area contributed by atoms with Gasteiger partial charge in [-0.25, -0.2) is 16.8 Å². The molecule has 12 nitrogen and oxygen atoms in total. The van der Waals surface area contributed by atoms with E-state index in [9.17, 15) is 35.8 Å². The summed E-state index contributed by atoms with van der Waals surface area (Å²) in [4.78, 5) is 9.85. The van der Waals surface area contributed by atoms with E-state index in [4.69, 9.17) is 5.73 Å². The summed E-state index contributed by atoms with van der Waals surface area (Å²) in [5.41, 5.74) is 5.40. The van der Waals surface area contributed by atoms with Gasteiger partial charge in [-0.2, -0.15) is 0 Å². The fraction of sp³-hybridized carbons (Fsp3) is 0.0556. The maximum atomic E-state index is 11.6. The van der Waals surface area contributed by atoms with Crippen LogP contribution in [0.3, 0.4) is 0 Å². The number of hydrogen-bond donors (Lipinski definition) is 3. The van der Waals surface area contributed by atoms with Gasteiger partial charge in [-0.1, -0.05) is 6.07 Å². The van der Waals surface area contributed by atoms with Gasteiger partial charge in [0.2, 0.25) is 5.91 Å². The van der Waals surface area contributed by atoms with Crippen LogP contribution in [0.5, 0.6) is 5.75 Å². The molecule has 0 aliphatic carbocycles. The van der Waals surface area contributed by atoms with Crippen LogP contribution in [0.25, 0.3) is 10.8 Å². The van der Waals surface area contributed by atoms with Crippen LogP contribution in [-0.2, 0) is 25.0 Å². The number of fused-ring (bicyclic) bond motifs is 1. The Kier molecular flexibility index (Phi) is 10.2. The fourth-order valence-corrected chi connectivity index (χ4v) is 3.98. The minimum atomic E-state index is -4.96. The topological polar surface area (TPSA) is 214 Å². The number of nitrogens with two attached hydrogens (primary N) is 1. The number of rotatable bonds is 5. The second-order valence-corrected chi connectivity index (χ2v) is 9.24. The summed E-state index contributed by atoms with van der Waals surface area (Å²) in [5, 5.41) is 20.3. The van der Waals surface area contributed by atoms with Crippen molar-refractivity contribution in [1.82, 2.24) is 0 Å². The van der Waals surface area contributed by atoms with Crippen molar-refractivity contribution in [3.05, 3.63) is 42.5 Å². The number of benzene rings is 3. The molecule has 0 atom stereocenters. The van der Waals surface area contributed by atoms with Gasteiger partial charge in [0.25, 0.3) is 0 Å². The Bertz CT molecular complexity index is 1510. The number of nitrogens with zero attached hydrogens (tertiary/aromatic N) is 2. The fourth-order valence-electron chi connectivity index (χ4n) is 2.86. The Morgan fingerprint density at radius 3 is 2.18 bits per heavy atom. The molecule has 34 heavy (non-hydrogen) atoms. The molecule has 0 aliphatic rings. The van der Waals surface area contributed by atoms with E-state index in [1.807, 2.05) is 0 Å². The number of anilines is 2. The molecule has 16 heteroatoms. The molecule has 3 rings (SSSR count). The molecule has 168 valence electrons. The zero-order valence-corrected chi connectivity index (χ0v) is 23.8. The standard InChI is InChI=1S/C18H16N4O8S2.2Na/c1-9(23)20-11-3-5-16(32(28,29)30)14(7-11)21-22-18-13(19)4-2-10-6-12(31(25,26)27)8-15(24)17(10)18;;/h2-8,24H,19H2,1H3,(H,20,23)(H,25,26,27)(H,28,29,30);;/q;2*+1/p-2. The van der Waals surface area contributed by atoms with E-state index in [1.54, 1.807) is 0 Å². The van der Waals surface area contributed by atoms with Crippen LogP contribution in [0.15, 0.2) is 62.5 Å². The van der Waals surface area contributed by atoms with Crippen molar-refractivity contribution in [3.8, 4) is 5.75 Å². The number of carbonyl (C=O) groups excluding carboxylic acids is 1. The Labute approximate surface area is 238 Å². The number of amides is 1. The number of hydrogen-bond acceptors (Lipinski definition) is 11. The first-order valence-corrected chi connectivity index (χ1v) is 11.4. The van der Waals surface area contributed by atoms with E-state index in [1.165, 1.54) is 25.1 Å². The maximum absolute atomic E-state index is 11.6. The first-order valence-electron chi connectivity index (χ1n) is 8.58. The van der Waals surface area contributed by atoms with Gasteiger partial charge in [0, 0.05) is 12.6 Å². The molecular formula is C18H14N4Na2O8S2. The predicted octanol–water partition coefficient (Wildman–Crippen LogP) is -3.68. The summed E-state index contributed by atoms with van der Waals surface area (Å²) in [5.74, 6) is -1.10. The van der Waals surface area contributed by atoms with Gasteiger partial charge in [-0.05, 0) is 41.8 Å². The van der Waals surface area contributed by atoms with Crippen LogP contribution in [0, 0.1) is 0 Å². The molecule has 0 saturated heterocycles. The smallest absolute Gasteiger partial charge is 0.744 e. The summed E-state index contributed by atoms with van der Waals surface area (Å²) in [6, 6.07) is 7.58. The minimum absolute atomic E-state index is 0. The van der Waals surface area contributed by atoms with Crippen molar-refractivity contribution in [2.24, 2.45) is 10.2 Å². The van der Waals surface area contributed by atoms with Gasteiger partial charge in [-0.3, -0.25) is 4.79 Å². The third-order valence-electron chi connectivity index (χ3n) is 4.17. The summed E-state index contributed by atoms with van der Waals surface area (Å²) in [7, 11) is -9.83. The van der Waals surface area contributed by atoms with Crippen molar-refractivity contribution < 1.29 is 95.0 Å². The van der Waals surface area contributed by atoms with Gasteiger partial charge < -0.3 is 25.3 Å². The molecule has 0 heterocycles. The average Bonchev–Trinajstić information content (AvgIpc) is 2.65. The molecule has 0 fully saturated rings. The minimum Gasteiger partial charge on any atom is -0.744 e. The van der Waals surface area contributed by atoms with E-state index >= 15 is 0 Å². The Morgan fingerprint density at radius 2 is 1.62 bits per heavy atom. The Morgan fingerprint density at radius 1 is 0.971 bits per heavy atom. The molecule has 3 aromatic rings. The second-order valence-electron chi connectivity index (χ2n) is 6.52. The third kappa shape index (κ3) is 6.97. The number of phenols is 1. The molecule has 0 bridgehead atoms. The number of phenolic OH excluding ortho intramolecular Hbond substituents is 1. The molecule has 0 aromatic heterocycles. The van der Waals surface area contributed by atoms with E-state index < -0.39 is 47.4 Å². The Hall–Kier alpha value is -1.59. The molecular weight excluding hydrogens is 510 g/mol. The van der Waals surface area contributed by atoms with E-state index in [0.29, 0.717) is 6.07 Å². The van der Waals surface area contributed by atoms with Gasteiger partial charge in [0.05, 0.1) is 20.9 Å².